The SMILES string of the molecule is CCOC(=O)CCCN(C)CCNC(=O)OC(C)(C)C. The van der Waals surface area contributed by atoms with Gasteiger partial charge in [0.05, 0.1) is 6.61 Å². The van der Waals surface area contributed by atoms with E-state index in [9.17, 15) is 9.59 Å². The topological polar surface area (TPSA) is 67.9 Å². The van der Waals surface area contributed by atoms with E-state index in [4.69, 9.17) is 9.47 Å². The second-order valence-corrected chi connectivity index (χ2v) is 5.64. The number of rotatable bonds is 8. The van der Waals surface area contributed by atoms with E-state index in [1.54, 1.807) is 6.92 Å². The van der Waals surface area contributed by atoms with Crippen LogP contribution in [0.25, 0.3) is 0 Å². The zero-order valence-corrected chi connectivity index (χ0v) is 13.3. The Labute approximate surface area is 121 Å². The van der Waals surface area contributed by atoms with Crippen LogP contribution in [0.3, 0.4) is 0 Å². The van der Waals surface area contributed by atoms with Gasteiger partial charge < -0.3 is 19.7 Å². The van der Waals surface area contributed by atoms with Crippen molar-refractivity contribution in [1.82, 2.24) is 10.2 Å². The first-order valence-electron chi connectivity index (χ1n) is 7.05. The fourth-order valence-corrected chi connectivity index (χ4v) is 1.50. The van der Waals surface area contributed by atoms with Crippen LogP contribution in [0.4, 0.5) is 4.79 Å². The van der Waals surface area contributed by atoms with Gasteiger partial charge in [-0.1, -0.05) is 0 Å². The number of ether oxygens (including phenoxy) is 2. The van der Waals surface area contributed by atoms with Gasteiger partial charge in [0, 0.05) is 19.5 Å². The molecule has 1 amide bonds. The number of hydrogen-bond acceptors (Lipinski definition) is 5. The number of alkyl carbamates (subject to hydrolysis) is 1. The Morgan fingerprint density at radius 3 is 2.40 bits per heavy atom. The van der Waals surface area contributed by atoms with Gasteiger partial charge in [-0.15, -0.1) is 0 Å². The van der Waals surface area contributed by atoms with Gasteiger partial charge in [-0.05, 0) is 47.7 Å². The van der Waals surface area contributed by atoms with Gasteiger partial charge in [-0.25, -0.2) is 4.79 Å². The number of carbonyl (C=O) groups is 2. The molecule has 1 N–H and O–H groups in total. The molecule has 0 aliphatic rings. The molecular formula is C14H28N2O4. The Balaban J connectivity index is 3.61. The van der Waals surface area contributed by atoms with Crippen molar-refractivity contribution >= 4 is 12.1 Å². The van der Waals surface area contributed by atoms with Crippen LogP contribution in [0, 0.1) is 0 Å². The molecule has 0 unspecified atom stereocenters. The summed E-state index contributed by atoms with van der Waals surface area (Å²) in [5.74, 6) is -0.159. The van der Waals surface area contributed by atoms with Gasteiger partial charge in [-0.2, -0.15) is 0 Å². The number of esters is 1. The monoisotopic (exact) mass is 288 g/mol. The molecular weight excluding hydrogens is 260 g/mol. The van der Waals surface area contributed by atoms with E-state index in [-0.39, 0.29) is 5.97 Å². The largest absolute Gasteiger partial charge is 0.466 e. The van der Waals surface area contributed by atoms with E-state index in [1.165, 1.54) is 0 Å². The predicted octanol–water partition coefficient (Wildman–Crippen LogP) is 1.79. The lowest BCUT2D eigenvalue weighted by Gasteiger charge is -2.21. The highest BCUT2D eigenvalue weighted by molar-refractivity contribution is 5.69. The maximum Gasteiger partial charge on any atom is 0.407 e. The third-order valence-electron chi connectivity index (χ3n) is 2.39. The van der Waals surface area contributed by atoms with Gasteiger partial charge in [-0.3, -0.25) is 4.79 Å². The summed E-state index contributed by atoms with van der Waals surface area (Å²) in [7, 11) is 1.95. The van der Waals surface area contributed by atoms with E-state index < -0.39 is 11.7 Å². The van der Waals surface area contributed by atoms with Crippen LogP contribution in [0.15, 0.2) is 0 Å². The van der Waals surface area contributed by atoms with Crippen molar-refractivity contribution in [3.63, 3.8) is 0 Å². The molecule has 0 aromatic heterocycles. The van der Waals surface area contributed by atoms with Crippen LogP contribution in [-0.2, 0) is 14.3 Å². The highest BCUT2D eigenvalue weighted by atomic mass is 16.6. The molecule has 0 atom stereocenters. The lowest BCUT2D eigenvalue weighted by Crippen LogP contribution is -2.37. The summed E-state index contributed by atoms with van der Waals surface area (Å²) in [5.41, 5.74) is -0.477. The van der Waals surface area contributed by atoms with E-state index in [0.717, 1.165) is 13.0 Å². The highest BCUT2D eigenvalue weighted by Crippen LogP contribution is 2.06. The molecule has 0 heterocycles. The van der Waals surface area contributed by atoms with Crippen LogP contribution in [0.5, 0.6) is 0 Å². The zero-order valence-electron chi connectivity index (χ0n) is 13.3. The van der Waals surface area contributed by atoms with Crippen LogP contribution in [-0.4, -0.2) is 55.9 Å². The second-order valence-electron chi connectivity index (χ2n) is 5.64. The molecule has 0 saturated heterocycles. The summed E-state index contributed by atoms with van der Waals surface area (Å²) in [5, 5.41) is 2.70. The average Bonchev–Trinajstić information content (AvgIpc) is 2.26. The number of nitrogens with one attached hydrogen (secondary N) is 1. The van der Waals surface area contributed by atoms with Gasteiger partial charge >= 0.3 is 12.1 Å². The fraction of sp³-hybridized carbons (Fsp3) is 0.857. The van der Waals surface area contributed by atoms with Crippen molar-refractivity contribution in [1.29, 1.82) is 0 Å². The third kappa shape index (κ3) is 11.8. The summed E-state index contributed by atoms with van der Waals surface area (Å²) in [4.78, 5) is 24.6. The number of nitrogens with zero attached hydrogens (tertiary/aromatic N) is 1. The molecule has 0 fully saturated rings. The normalized spacial score (nSPS) is 11.3. The van der Waals surface area contributed by atoms with Crippen molar-refractivity contribution in [2.75, 3.05) is 33.3 Å². The molecule has 20 heavy (non-hydrogen) atoms. The maximum absolute atomic E-state index is 11.4. The molecule has 0 spiro atoms. The van der Waals surface area contributed by atoms with Gasteiger partial charge in [0.15, 0.2) is 0 Å². The summed E-state index contributed by atoms with van der Waals surface area (Å²) < 4.78 is 9.98. The summed E-state index contributed by atoms with van der Waals surface area (Å²) >= 11 is 0. The average molecular weight is 288 g/mol. The highest BCUT2D eigenvalue weighted by Gasteiger charge is 2.15. The minimum Gasteiger partial charge on any atom is -0.466 e. The molecule has 118 valence electrons. The molecule has 0 saturated carbocycles. The first-order chi connectivity index (χ1) is 9.24. The molecule has 6 heteroatoms. The summed E-state index contributed by atoms with van der Waals surface area (Å²) in [6, 6.07) is 0. The molecule has 0 aromatic carbocycles. The molecule has 6 nitrogen and oxygen atoms in total. The van der Waals surface area contributed by atoms with Crippen molar-refractivity contribution in [3.8, 4) is 0 Å². The van der Waals surface area contributed by atoms with Crippen LogP contribution < -0.4 is 5.32 Å². The lowest BCUT2D eigenvalue weighted by molar-refractivity contribution is -0.143. The molecule has 0 rings (SSSR count). The van der Waals surface area contributed by atoms with E-state index in [2.05, 4.69) is 10.2 Å². The lowest BCUT2D eigenvalue weighted by atomic mass is 10.2. The first kappa shape index (κ1) is 18.7. The fourth-order valence-electron chi connectivity index (χ4n) is 1.50. The summed E-state index contributed by atoms with van der Waals surface area (Å²) in [6.07, 6.45) is 0.775. The quantitative estimate of drug-likeness (QED) is 0.690. The minimum atomic E-state index is -0.477. The Bertz CT molecular complexity index is 300. The van der Waals surface area contributed by atoms with Gasteiger partial charge in [0.1, 0.15) is 5.60 Å². The number of likely N-dealkylation sites (N-methyl/N-ethyl adjacent to an activating group) is 1. The Morgan fingerprint density at radius 2 is 1.85 bits per heavy atom. The number of hydrogen-bond donors (Lipinski definition) is 1. The zero-order chi connectivity index (χ0) is 15.6. The van der Waals surface area contributed by atoms with E-state index in [1.807, 2.05) is 27.8 Å². The van der Waals surface area contributed by atoms with Gasteiger partial charge in [0.2, 0.25) is 0 Å². The molecule has 0 radical (unpaired) electrons. The van der Waals surface area contributed by atoms with Crippen molar-refractivity contribution in [3.05, 3.63) is 0 Å². The minimum absolute atomic E-state index is 0.159. The first-order valence-corrected chi connectivity index (χ1v) is 7.05. The van der Waals surface area contributed by atoms with Crippen LogP contribution in [0.1, 0.15) is 40.5 Å². The molecule has 0 aromatic rings. The Kier molecular flexibility index (Phi) is 8.96. The molecule has 0 aliphatic heterocycles. The second kappa shape index (κ2) is 9.58. The van der Waals surface area contributed by atoms with Crippen molar-refractivity contribution in [2.24, 2.45) is 0 Å². The van der Waals surface area contributed by atoms with E-state index in [0.29, 0.717) is 26.1 Å². The van der Waals surface area contributed by atoms with Crippen LogP contribution >= 0.6 is 0 Å². The van der Waals surface area contributed by atoms with Crippen molar-refractivity contribution in [2.45, 2.75) is 46.1 Å². The van der Waals surface area contributed by atoms with Gasteiger partial charge in [0.25, 0.3) is 0 Å². The maximum atomic E-state index is 11.4. The Morgan fingerprint density at radius 1 is 1.20 bits per heavy atom. The van der Waals surface area contributed by atoms with E-state index >= 15 is 0 Å². The third-order valence-corrected chi connectivity index (χ3v) is 2.39. The standard InChI is InChI=1S/C14H28N2O4/c1-6-19-12(17)8-7-10-16(5)11-9-15-13(18)20-14(2,3)4/h6-11H2,1-5H3,(H,15,18). The number of carbonyl (C=O) groups excluding carboxylic acids is 2. The smallest absolute Gasteiger partial charge is 0.407 e. The Hall–Kier alpha value is -1.30. The van der Waals surface area contributed by atoms with Crippen molar-refractivity contribution < 1.29 is 19.1 Å². The van der Waals surface area contributed by atoms with Crippen LogP contribution in [0.2, 0.25) is 0 Å². The predicted molar refractivity (Wildman–Crippen MR) is 77.6 cm³/mol. The molecule has 0 bridgehead atoms. The molecule has 0 aliphatic carbocycles. The summed E-state index contributed by atoms with van der Waals surface area (Å²) in [6.45, 7) is 9.72. The number of amides is 1.